The van der Waals surface area contributed by atoms with E-state index in [0.29, 0.717) is 24.4 Å². The molecule has 0 radical (unpaired) electrons. The summed E-state index contributed by atoms with van der Waals surface area (Å²) in [7, 11) is 0. The lowest BCUT2D eigenvalue weighted by atomic mass is 10.1. The van der Waals surface area contributed by atoms with Crippen molar-refractivity contribution in [3.8, 4) is 0 Å². The molecule has 1 aromatic carbocycles. The number of nitrogens with one attached hydrogen (secondary N) is 1. The van der Waals surface area contributed by atoms with Gasteiger partial charge in [0.05, 0.1) is 12.5 Å². The molecule has 1 saturated heterocycles. The predicted octanol–water partition coefficient (Wildman–Crippen LogP) is 1.38. The first-order valence-corrected chi connectivity index (χ1v) is 8.19. The maximum absolute atomic E-state index is 12.8. The highest BCUT2D eigenvalue weighted by Crippen LogP contribution is 2.30. The molecular formula is C16H17ClN4O2. The molecule has 2 bridgehead atoms. The third kappa shape index (κ3) is 2.57. The van der Waals surface area contributed by atoms with Gasteiger partial charge in [0.25, 0.3) is 0 Å². The summed E-state index contributed by atoms with van der Waals surface area (Å²) < 4.78 is 1.67. The summed E-state index contributed by atoms with van der Waals surface area (Å²) in [6.45, 7) is 0.535. The maximum atomic E-state index is 12.8. The predicted molar refractivity (Wildman–Crippen MR) is 85.4 cm³/mol. The van der Waals surface area contributed by atoms with Crippen molar-refractivity contribution in [1.29, 1.82) is 0 Å². The molecule has 0 spiro atoms. The fourth-order valence-corrected chi connectivity index (χ4v) is 3.86. The molecular weight excluding hydrogens is 316 g/mol. The van der Waals surface area contributed by atoms with Gasteiger partial charge in [-0.05, 0) is 30.5 Å². The number of nitrogens with zero attached hydrogens (tertiary/aromatic N) is 3. The van der Waals surface area contributed by atoms with Crippen LogP contribution in [0.25, 0.3) is 0 Å². The van der Waals surface area contributed by atoms with Crippen LogP contribution in [0.3, 0.4) is 0 Å². The van der Waals surface area contributed by atoms with Crippen molar-refractivity contribution in [3.05, 3.63) is 51.2 Å². The third-order valence-electron chi connectivity index (χ3n) is 4.83. The van der Waals surface area contributed by atoms with Gasteiger partial charge in [-0.2, -0.15) is 5.10 Å². The second-order valence-corrected chi connectivity index (χ2v) is 6.69. The molecule has 2 aromatic rings. The van der Waals surface area contributed by atoms with Crippen LogP contribution in [0.1, 0.15) is 24.2 Å². The first-order valence-electron chi connectivity index (χ1n) is 7.81. The lowest BCUT2D eigenvalue weighted by Gasteiger charge is -2.28. The number of rotatable bonds is 2. The largest absolute Gasteiger partial charge is 0.343 e. The van der Waals surface area contributed by atoms with Gasteiger partial charge in [-0.3, -0.25) is 9.36 Å². The van der Waals surface area contributed by atoms with Gasteiger partial charge < -0.3 is 4.90 Å². The summed E-state index contributed by atoms with van der Waals surface area (Å²) in [4.78, 5) is 26.6. The van der Waals surface area contributed by atoms with Gasteiger partial charge in [-0.15, -0.1) is 0 Å². The smallest absolute Gasteiger partial charge is 0.334 e. The average molecular weight is 333 g/mol. The van der Waals surface area contributed by atoms with Crippen molar-refractivity contribution in [2.75, 3.05) is 0 Å². The average Bonchev–Trinajstić information content (AvgIpc) is 3.01. The molecule has 2 aliphatic heterocycles. The van der Waals surface area contributed by atoms with E-state index >= 15 is 0 Å². The van der Waals surface area contributed by atoms with E-state index in [2.05, 4.69) is 10.2 Å². The molecule has 2 aliphatic rings. The number of halogens is 1. The standard InChI is InChI=1S/C16H17ClN4O2/c17-11-3-1-10(2-4-11)7-15(22)21-12-5-6-13(21)9-20-14(8-12)18-19-16(20)23/h1-4,12-13H,5-9H2,(H,19,23). The van der Waals surface area contributed by atoms with Gasteiger partial charge in [0.1, 0.15) is 5.82 Å². The Balaban J connectivity index is 1.56. The highest BCUT2D eigenvalue weighted by Gasteiger charge is 2.40. The van der Waals surface area contributed by atoms with Crippen LogP contribution >= 0.6 is 11.6 Å². The molecule has 2 unspecified atom stereocenters. The summed E-state index contributed by atoms with van der Waals surface area (Å²) in [6, 6.07) is 7.59. The Labute approximate surface area is 138 Å². The topological polar surface area (TPSA) is 71.0 Å². The third-order valence-corrected chi connectivity index (χ3v) is 5.08. The molecule has 6 nitrogen and oxygen atoms in total. The summed E-state index contributed by atoms with van der Waals surface area (Å²) >= 11 is 5.89. The molecule has 120 valence electrons. The molecule has 1 fully saturated rings. The van der Waals surface area contributed by atoms with Gasteiger partial charge in [0.15, 0.2) is 0 Å². The van der Waals surface area contributed by atoms with Gasteiger partial charge in [0, 0.05) is 24.0 Å². The first kappa shape index (κ1) is 14.5. The molecule has 3 heterocycles. The lowest BCUT2D eigenvalue weighted by molar-refractivity contribution is -0.133. The second-order valence-electron chi connectivity index (χ2n) is 6.25. The van der Waals surface area contributed by atoms with Crippen LogP contribution in [0.5, 0.6) is 0 Å². The molecule has 4 rings (SSSR count). The van der Waals surface area contributed by atoms with Crippen LogP contribution in [-0.2, 0) is 24.2 Å². The van der Waals surface area contributed by atoms with Crippen molar-refractivity contribution in [2.45, 2.75) is 44.3 Å². The molecule has 0 aliphatic carbocycles. The number of fused-ring (bicyclic) bond motifs is 3. The number of hydrogen-bond acceptors (Lipinski definition) is 3. The SMILES string of the molecule is O=C(Cc1ccc(Cl)cc1)N1C2CCC1Cn1c(n[nH]c1=O)C2. The second kappa shape index (κ2) is 5.53. The summed E-state index contributed by atoms with van der Waals surface area (Å²) in [6.07, 6.45) is 2.91. The number of aromatic nitrogens is 3. The van der Waals surface area contributed by atoms with Crippen LogP contribution < -0.4 is 5.69 Å². The van der Waals surface area contributed by atoms with Crippen molar-refractivity contribution >= 4 is 17.5 Å². The van der Waals surface area contributed by atoms with E-state index in [9.17, 15) is 9.59 Å². The van der Waals surface area contributed by atoms with Crippen molar-refractivity contribution < 1.29 is 4.79 Å². The minimum Gasteiger partial charge on any atom is -0.334 e. The van der Waals surface area contributed by atoms with E-state index in [1.807, 2.05) is 17.0 Å². The van der Waals surface area contributed by atoms with Crippen molar-refractivity contribution in [3.63, 3.8) is 0 Å². The zero-order chi connectivity index (χ0) is 16.0. The minimum atomic E-state index is -0.183. The number of amides is 1. The Morgan fingerprint density at radius 2 is 2.00 bits per heavy atom. The Bertz CT molecular complexity index is 795. The van der Waals surface area contributed by atoms with Gasteiger partial charge in [-0.1, -0.05) is 23.7 Å². The number of aromatic amines is 1. The van der Waals surface area contributed by atoms with Crippen LogP contribution in [0, 0.1) is 0 Å². The fourth-order valence-electron chi connectivity index (χ4n) is 3.73. The zero-order valence-corrected chi connectivity index (χ0v) is 13.3. The summed E-state index contributed by atoms with van der Waals surface area (Å²) in [5, 5.41) is 7.27. The van der Waals surface area contributed by atoms with Crippen molar-refractivity contribution in [2.24, 2.45) is 0 Å². The van der Waals surface area contributed by atoms with Crippen LogP contribution in [-0.4, -0.2) is 37.7 Å². The van der Waals surface area contributed by atoms with Crippen LogP contribution in [0.2, 0.25) is 5.02 Å². The Hall–Kier alpha value is -2.08. The maximum Gasteiger partial charge on any atom is 0.343 e. The molecule has 1 aromatic heterocycles. The quantitative estimate of drug-likeness (QED) is 0.903. The van der Waals surface area contributed by atoms with E-state index < -0.39 is 0 Å². The van der Waals surface area contributed by atoms with E-state index in [1.54, 1.807) is 16.7 Å². The van der Waals surface area contributed by atoms with Crippen molar-refractivity contribution in [1.82, 2.24) is 19.7 Å². The first-order chi connectivity index (χ1) is 11.1. The summed E-state index contributed by atoms with van der Waals surface area (Å²) in [5.74, 6) is 0.869. The lowest BCUT2D eigenvalue weighted by Crippen LogP contribution is -2.43. The Kier molecular flexibility index (Phi) is 3.49. The van der Waals surface area contributed by atoms with E-state index in [4.69, 9.17) is 11.6 Å². The van der Waals surface area contributed by atoms with Gasteiger partial charge in [-0.25, -0.2) is 9.89 Å². The number of hydrogen-bond donors (Lipinski definition) is 1. The van der Waals surface area contributed by atoms with Crippen LogP contribution in [0.4, 0.5) is 0 Å². The van der Waals surface area contributed by atoms with Crippen LogP contribution in [0.15, 0.2) is 29.1 Å². The Morgan fingerprint density at radius 1 is 1.26 bits per heavy atom. The molecule has 0 saturated carbocycles. The molecule has 2 atom stereocenters. The highest BCUT2D eigenvalue weighted by molar-refractivity contribution is 6.30. The number of benzene rings is 1. The normalized spacial score (nSPS) is 22.7. The highest BCUT2D eigenvalue weighted by atomic mass is 35.5. The molecule has 7 heteroatoms. The zero-order valence-electron chi connectivity index (χ0n) is 12.5. The monoisotopic (exact) mass is 332 g/mol. The molecule has 23 heavy (non-hydrogen) atoms. The summed E-state index contributed by atoms with van der Waals surface area (Å²) in [5.41, 5.74) is 0.774. The van der Waals surface area contributed by atoms with Gasteiger partial charge in [0.2, 0.25) is 5.91 Å². The van der Waals surface area contributed by atoms with Gasteiger partial charge >= 0.3 is 5.69 Å². The minimum absolute atomic E-state index is 0.0800. The number of carbonyl (C=O) groups excluding carboxylic acids is 1. The number of carbonyl (C=O) groups is 1. The van der Waals surface area contributed by atoms with E-state index in [-0.39, 0.29) is 23.7 Å². The number of H-pyrrole nitrogens is 1. The molecule has 1 amide bonds. The fraction of sp³-hybridized carbons (Fsp3) is 0.438. The van der Waals surface area contributed by atoms with E-state index in [1.165, 1.54) is 0 Å². The van der Waals surface area contributed by atoms with E-state index in [0.717, 1.165) is 24.2 Å². The molecule has 1 N–H and O–H groups in total. The Morgan fingerprint density at radius 3 is 2.78 bits per heavy atom.